The van der Waals surface area contributed by atoms with Gasteiger partial charge in [0.05, 0.1) is 23.6 Å². The van der Waals surface area contributed by atoms with E-state index in [-0.39, 0.29) is 11.9 Å². The SMILES string of the molecule is Cc1noc(C)c1C(=O)N1CCCC[C@H]1c1cc(C)n2nccc2n1. The van der Waals surface area contributed by atoms with Crippen LogP contribution in [0.5, 0.6) is 0 Å². The first-order valence-electron chi connectivity index (χ1n) is 8.61. The number of likely N-dealkylation sites (tertiary alicyclic amines) is 1. The third-order valence-corrected chi connectivity index (χ3v) is 4.91. The third-order valence-electron chi connectivity index (χ3n) is 4.91. The Bertz CT molecular complexity index is 923. The summed E-state index contributed by atoms with van der Waals surface area (Å²) in [6.45, 7) is 6.32. The number of rotatable bonds is 2. The van der Waals surface area contributed by atoms with Crippen molar-refractivity contribution in [1.82, 2.24) is 24.7 Å². The first-order chi connectivity index (χ1) is 12.1. The number of fused-ring (bicyclic) bond motifs is 1. The Morgan fingerprint density at radius 3 is 2.88 bits per heavy atom. The van der Waals surface area contributed by atoms with Crippen LogP contribution in [0.4, 0.5) is 0 Å². The highest BCUT2D eigenvalue weighted by Crippen LogP contribution is 2.32. The van der Waals surface area contributed by atoms with Crippen molar-refractivity contribution >= 4 is 11.6 Å². The second-order valence-corrected chi connectivity index (χ2v) is 6.63. The van der Waals surface area contributed by atoms with Gasteiger partial charge in [0.1, 0.15) is 11.3 Å². The summed E-state index contributed by atoms with van der Waals surface area (Å²) in [5.41, 5.74) is 3.96. The van der Waals surface area contributed by atoms with Crippen LogP contribution in [0.2, 0.25) is 0 Å². The van der Waals surface area contributed by atoms with E-state index in [9.17, 15) is 4.79 Å². The van der Waals surface area contributed by atoms with Gasteiger partial charge in [-0.05, 0) is 46.1 Å². The zero-order chi connectivity index (χ0) is 17.6. The molecule has 0 bridgehead atoms. The maximum atomic E-state index is 13.2. The van der Waals surface area contributed by atoms with E-state index in [2.05, 4.69) is 10.3 Å². The number of piperidine rings is 1. The van der Waals surface area contributed by atoms with Gasteiger partial charge in [0, 0.05) is 18.3 Å². The summed E-state index contributed by atoms with van der Waals surface area (Å²) < 4.78 is 7.00. The van der Waals surface area contributed by atoms with Crippen molar-refractivity contribution in [3.8, 4) is 0 Å². The Morgan fingerprint density at radius 1 is 1.28 bits per heavy atom. The molecule has 3 aromatic rings. The largest absolute Gasteiger partial charge is 0.361 e. The molecule has 1 fully saturated rings. The maximum Gasteiger partial charge on any atom is 0.259 e. The van der Waals surface area contributed by atoms with Gasteiger partial charge in [-0.3, -0.25) is 4.79 Å². The molecule has 0 saturated carbocycles. The molecular formula is C18H21N5O2. The van der Waals surface area contributed by atoms with Crippen LogP contribution in [0.15, 0.2) is 22.9 Å². The summed E-state index contributed by atoms with van der Waals surface area (Å²) in [5, 5.41) is 8.20. The quantitative estimate of drug-likeness (QED) is 0.717. The molecule has 3 aromatic heterocycles. The molecule has 1 aliphatic heterocycles. The summed E-state index contributed by atoms with van der Waals surface area (Å²) in [6.07, 6.45) is 4.74. The first-order valence-corrected chi connectivity index (χ1v) is 8.61. The minimum absolute atomic E-state index is 0.0196. The molecule has 4 heterocycles. The van der Waals surface area contributed by atoms with Gasteiger partial charge < -0.3 is 9.42 Å². The van der Waals surface area contributed by atoms with Gasteiger partial charge in [0.15, 0.2) is 5.65 Å². The predicted octanol–water partition coefficient (Wildman–Crippen LogP) is 3.01. The van der Waals surface area contributed by atoms with Gasteiger partial charge in [-0.15, -0.1) is 0 Å². The van der Waals surface area contributed by atoms with E-state index in [1.165, 1.54) is 0 Å². The lowest BCUT2D eigenvalue weighted by atomic mass is 9.97. The molecular weight excluding hydrogens is 318 g/mol. The fourth-order valence-corrected chi connectivity index (χ4v) is 3.68. The van der Waals surface area contributed by atoms with E-state index in [1.54, 1.807) is 13.1 Å². The van der Waals surface area contributed by atoms with Crippen LogP contribution in [0.25, 0.3) is 5.65 Å². The molecule has 0 aromatic carbocycles. The predicted molar refractivity (Wildman–Crippen MR) is 91.3 cm³/mol. The van der Waals surface area contributed by atoms with E-state index in [0.717, 1.165) is 42.8 Å². The van der Waals surface area contributed by atoms with Crippen molar-refractivity contribution < 1.29 is 9.32 Å². The summed E-state index contributed by atoms with van der Waals surface area (Å²) in [6, 6.07) is 3.89. The molecule has 0 N–H and O–H groups in total. The Labute approximate surface area is 145 Å². The molecule has 0 radical (unpaired) electrons. The highest BCUT2D eigenvalue weighted by Gasteiger charge is 2.32. The van der Waals surface area contributed by atoms with Crippen LogP contribution in [0, 0.1) is 20.8 Å². The van der Waals surface area contributed by atoms with Gasteiger partial charge in [-0.25, -0.2) is 9.50 Å². The second-order valence-electron chi connectivity index (χ2n) is 6.63. The smallest absolute Gasteiger partial charge is 0.259 e. The standard InChI is InChI=1S/C18H21N5O2/c1-11-10-14(20-16-7-8-19-23(11)16)15-6-4-5-9-22(15)18(24)17-12(2)21-25-13(17)3/h7-8,10,15H,4-6,9H2,1-3H3/t15-/m0/s1. The number of hydrogen-bond donors (Lipinski definition) is 0. The maximum absolute atomic E-state index is 13.2. The lowest BCUT2D eigenvalue weighted by Crippen LogP contribution is -2.39. The molecule has 1 atom stereocenters. The van der Waals surface area contributed by atoms with Gasteiger partial charge in [-0.1, -0.05) is 5.16 Å². The van der Waals surface area contributed by atoms with Crippen LogP contribution in [-0.4, -0.2) is 37.1 Å². The Kier molecular flexibility index (Phi) is 3.78. The molecule has 1 aliphatic rings. The molecule has 7 nitrogen and oxygen atoms in total. The fourth-order valence-electron chi connectivity index (χ4n) is 3.68. The number of hydrogen-bond acceptors (Lipinski definition) is 5. The van der Waals surface area contributed by atoms with E-state index < -0.39 is 0 Å². The van der Waals surface area contributed by atoms with Crippen molar-refractivity contribution in [2.24, 2.45) is 0 Å². The van der Waals surface area contributed by atoms with Crippen LogP contribution in [0.3, 0.4) is 0 Å². The lowest BCUT2D eigenvalue weighted by Gasteiger charge is -2.35. The van der Waals surface area contributed by atoms with Gasteiger partial charge in [0.25, 0.3) is 5.91 Å². The molecule has 25 heavy (non-hydrogen) atoms. The molecule has 1 saturated heterocycles. The van der Waals surface area contributed by atoms with Gasteiger partial charge in [0.2, 0.25) is 0 Å². The van der Waals surface area contributed by atoms with Crippen LogP contribution in [-0.2, 0) is 0 Å². The number of carbonyl (C=O) groups is 1. The average Bonchev–Trinajstić information content (AvgIpc) is 3.21. The Morgan fingerprint density at radius 2 is 2.12 bits per heavy atom. The minimum Gasteiger partial charge on any atom is -0.361 e. The highest BCUT2D eigenvalue weighted by molar-refractivity contribution is 5.96. The molecule has 4 rings (SSSR count). The lowest BCUT2D eigenvalue weighted by molar-refractivity contribution is 0.0603. The molecule has 7 heteroatoms. The summed E-state index contributed by atoms with van der Waals surface area (Å²) in [5.74, 6) is 0.552. The van der Waals surface area contributed by atoms with E-state index in [0.29, 0.717) is 17.0 Å². The van der Waals surface area contributed by atoms with Crippen molar-refractivity contribution in [2.45, 2.75) is 46.1 Å². The number of nitrogens with zero attached hydrogens (tertiary/aromatic N) is 5. The average molecular weight is 339 g/mol. The van der Waals surface area contributed by atoms with Crippen molar-refractivity contribution in [3.63, 3.8) is 0 Å². The van der Waals surface area contributed by atoms with Crippen molar-refractivity contribution in [2.75, 3.05) is 6.54 Å². The number of carbonyl (C=O) groups excluding carboxylic acids is 1. The van der Waals surface area contributed by atoms with Gasteiger partial charge >= 0.3 is 0 Å². The number of aromatic nitrogens is 4. The van der Waals surface area contributed by atoms with Gasteiger partial charge in [-0.2, -0.15) is 5.10 Å². The Hall–Kier alpha value is -2.70. The van der Waals surface area contributed by atoms with Crippen LogP contribution in [0.1, 0.15) is 58.5 Å². The van der Waals surface area contributed by atoms with Crippen molar-refractivity contribution in [3.05, 3.63) is 46.7 Å². The molecule has 0 unspecified atom stereocenters. The zero-order valence-electron chi connectivity index (χ0n) is 14.7. The second kappa shape index (κ2) is 5.98. The molecule has 1 amide bonds. The van der Waals surface area contributed by atoms with Crippen LogP contribution >= 0.6 is 0 Å². The van der Waals surface area contributed by atoms with E-state index in [1.807, 2.05) is 35.4 Å². The minimum atomic E-state index is -0.0337. The topological polar surface area (TPSA) is 76.5 Å². The molecule has 130 valence electrons. The zero-order valence-corrected chi connectivity index (χ0v) is 14.7. The summed E-state index contributed by atoms with van der Waals surface area (Å²) >= 11 is 0. The monoisotopic (exact) mass is 339 g/mol. The number of aryl methyl sites for hydroxylation is 3. The highest BCUT2D eigenvalue weighted by atomic mass is 16.5. The van der Waals surface area contributed by atoms with E-state index in [4.69, 9.17) is 9.51 Å². The summed E-state index contributed by atoms with van der Waals surface area (Å²) in [4.78, 5) is 19.8. The number of amides is 1. The van der Waals surface area contributed by atoms with Crippen molar-refractivity contribution in [1.29, 1.82) is 0 Å². The summed E-state index contributed by atoms with van der Waals surface area (Å²) in [7, 11) is 0. The first kappa shape index (κ1) is 15.8. The van der Waals surface area contributed by atoms with E-state index >= 15 is 0 Å². The third kappa shape index (κ3) is 2.59. The van der Waals surface area contributed by atoms with Crippen LogP contribution < -0.4 is 0 Å². The Balaban J connectivity index is 1.74. The fraction of sp³-hybridized carbons (Fsp3) is 0.444. The normalized spacial score (nSPS) is 18.0. The molecule has 0 aliphatic carbocycles. The molecule has 0 spiro atoms.